The van der Waals surface area contributed by atoms with Crippen LogP contribution in [0.2, 0.25) is 20.1 Å². The van der Waals surface area contributed by atoms with Crippen molar-refractivity contribution >= 4 is 160 Å². The van der Waals surface area contributed by atoms with Gasteiger partial charge in [-0.25, -0.2) is 9.59 Å². The van der Waals surface area contributed by atoms with E-state index in [1.54, 1.807) is 45.0 Å². The van der Waals surface area contributed by atoms with Gasteiger partial charge >= 0.3 is 41.5 Å². The molecule has 0 unspecified atom stereocenters. The molecule has 5 rings (SSSR count). The molecule has 0 bridgehead atoms. The van der Waals surface area contributed by atoms with Crippen molar-refractivity contribution in [1.82, 2.24) is 0 Å². The molecule has 0 saturated carbocycles. The number of esters is 1. The van der Waals surface area contributed by atoms with Gasteiger partial charge in [0.2, 0.25) is 5.43 Å². The van der Waals surface area contributed by atoms with Crippen molar-refractivity contribution in [3.05, 3.63) is 97.7 Å². The third-order valence-electron chi connectivity index (χ3n) is 6.65. The first-order valence-electron chi connectivity index (χ1n) is 13.4. The van der Waals surface area contributed by atoms with E-state index < -0.39 is 17.5 Å². The predicted molar refractivity (Wildman–Crippen MR) is 217 cm³/mol. The standard InChI is InChI=1S/C32H18Cl4I4O8.Na/c1-32(2,3)48-47-30(43)12-6-4-11(5-7-12)10-45-31(44)19-18(20(33)22(35)23(36)21(19)34)17-13-8-15(37)26(41)24(39)28(13)46-29-14(17)9-16(38)27(42)25(29)40;/h4-9,41H,10H2,1-3H3;/q;+1/p-1. The van der Waals surface area contributed by atoms with Crippen molar-refractivity contribution in [1.29, 1.82) is 0 Å². The summed E-state index contributed by atoms with van der Waals surface area (Å²) in [6.45, 7) is 4.99. The molecule has 49 heavy (non-hydrogen) atoms. The maximum Gasteiger partial charge on any atom is 1.00 e. The van der Waals surface area contributed by atoms with E-state index in [0.29, 0.717) is 29.2 Å². The average molecular weight is 1200 g/mol. The van der Waals surface area contributed by atoms with E-state index in [9.17, 15) is 19.5 Å². The Hall–Kier alpha value is 0.130. The first-order valence-corrected chi connectivity index (χ1v) is 19.2. The molecule has 0 radical (unpaired) electrons. The number of hydrogen-bond donors (Lipinski definition) is 0. The van der Waals surface area contributed by atoms with Crippen molar-refractivity contribution in [3.8, 4) is 28.2 Å². The van der Waals surface area contributed by atoms with Crippen molar-refractivity contribution in [2.45, 2.75) is 33.0 Å². The van der Waals surface area contributed by atoms with E-state index in [1.807, 2.05) is 90.4 Å². The van der Waals surface area contributed by atoms with Crippen molar-refractivity contribution in [2.75, 3.05) is 0 Å². The minimum Gasteiger partial charge on any atom is -0.871 e. The van der Waals surface area contributed by atoms with Crippen LogP contribution in [0.25, 0.3) is 33.4 Å². The van der Waals surface area contributed by atoms with Gasteiger partial charge in [-0.2, -0.15) is 4.89 Å². The molecule has 8 nitrogen and oxygen atoms in total. The second-order valence-electron chi connectivity index (χ2n) is 11.1. The SMILES string of the molecule is CC(C)(C)OOC(=O)c1ccc(COC(=O)c2c(Cl)c(Cl)c(Cl)c(Cl)c2-c2c3cc(I)c(=O)c(I)c-3oc3c(I)c([O-])c(I)cc23)cc1.[Na+]. The van der Waals surface area contributed by atoms with Crippen LogP contribution < -0.4 is 40.1 Å². The van der Waals surface area contributed by atoms with E-state index in [0.717, 1.165) is 0 Å². The molecule has 1 heterocycles. The van der Waals surface area contributed by atoms with E-state index in [1.165, 1.54) is 12.1 Å². The third-order valence-corrected chi connectivity index (χ3v) is 12.0. The number of hydrogen-bond acceptors (Lipinski definition) is 8. The van der Waals surface area contributed by atoms with E-state index in [2.05, 4.69) is 0 Å². The van der Waals surface area contributed by atoms with Gasteiger partial charge in [0.05, 0.1) is 34.8 Å². The molecule has 0 fully saturated rings. The fraction of sp³-hybridized carbons (Fsp3) is 0.156. The first kappa shape index (κ1) is 41.9. The number of fused-ring (bicyclic) bond motifs is 2. The smallest absolute Gasteiger partial charge is 0.871 e. The number of ether oxygens (including phenoxy) is 1. The number of rotatable bonds is 6. The molecule has 0 spiro atoms. The van der Waals surface area contributed by atoms with Crippen molar-refractivity contribution in [2.24, 2.45) is 0 Å². The van der Waals surface area contributed by atoms with E-state index in [-0.39, 0.29) is 103 Å². The Morgan fingerprint density at radius 2 is 1.45 bits per heavy atom. The second-order valence-corrected chi connectivity index (χ2v) is 17.1. The van der Waals surface area contributed by atoms with Gasteiger partial charge in [-0.15, -0.1) is 0 Å². The third kappa shape index (κ3) is 8.60. The number of carbonyl (C=O) groups excluding carboxylic acids is 2. The Bertz CT molecular complexity index is 2190. The van der Waals surface area contributed by atoms with Gasteiger partial charge < -0.3 is 14.3 Å². The molecule has 1 aliphatic heterocycles. The van der Waals surface area contributed by atoms with Crippen LogP contribution in [0.5, 0.6) is 5.75 Å². The molecule has 0 amide bonds. The summed E-state index contributed by atoms with van der Waals surface area (Å²) in [5, 5.41) is 12.8. The summed E-state index contributed by atoms with van der Waals surface area (Å²) in [6.07, 6.45) is 0. The molecule has 0 atom stereocenters. The number of benzene rings is 4. The molecular weight excluding hydrogens is 1180 g/mol. The Labute approximate surface area is 376 Å². The van der Waals surface area contributed by atoms with Gasteiger partial charge in [-0.1, -0.05) is 64.3 Å². The molecule has 3 aromatic rings. The number of halogens is 8. The monoisotopic (exact) mass is 1200 g/mol. The minimum atomic E-state index is -0.894. The molecule has 0 N–H and O–H groups in total. The summed E-state index contributed by atoms with van der Waals surface area (Å²) in [4.78, 5) is 49.2. The average Bonchev–Trinajstić information content (AvgIpc) is 3.04. The van der Waals surface area contributed by atoms with Crippen LogP contribution in [-0.4, -0.2) is 17.5 Å². The van der Waals surface area contributed by atoms with Gasteiger partial charge in [-0.05, 0) is 141 Å². The molecule has 17 heteroatoms. The second kappa shape index (κ2) is 16.7. The van der Waals surface area contributed by atoms with Crippen LogP contribution in [0.15, 0.2) is 45.6 Å². The predicted octanol–water partition coefficient (Wildman–Crippen LogP) is 7.92. The molecule has 0 aromatic heterocycles. The van der Waals surface area contributed by atoms with Crippen LogP contribution in [0.4, 0.5) is 0 Å². The van der Waals surface area contributed by atoms with Gasteiger partial charge in [-0.3, -0.25) is 9.68 Å². The Kier molecular flexibility index (Phi) is 14.2. The van der Waals surface area contributed by atoms with Crippen LogP contribution >= 0.6 is 137 Å². The van der Waals surface area contributed by atoms with Crippen molar-refractivity contribution in [3.63, 3.8) is 0 Å². The fourth-order valence-corrected chi connectivity index (χ4v) is 9.08. The summed E-state index contributed by atoms with van der Waals surface area (Å²) < 4.78 is 13.2. The Balaban J connectivity index is 0.00000541. The van der Waals surface area contributed by atoms with Gasteiger partial charge in [0, 0.05) is 29.2 Å². The summed E-state index contributed by atoms with van der Waals surface area (Å²) in [7, 11) is 0. The minimum absolute atomic E-state index is 0. The molecule has 250 valence electrons. The van der Waals surface area contributed by atoms with Gasteiger partial charge in [0.15, 0.2) is 5.76 Å². The normalized spacial score (nSPS) is 11.5. The summed E-state index contributed by atoms with van der Waals surface area (Å²) >= 11 is 34.3. The molecule has 1 aliphatic carbocycles. The zero-order valence-corrected chi connectivity index (χ0v) is 39.1. The van der Waals surface area contributed by atoms with E-state index in [4.69, 9.17) is 65.3 Å². The Morgan fingerprint density at radius 1 is 0.837 bits per heavy atom. The molecule has 3 aromatic carbocycles. The van der Waals surface area contributed by atoms with Gasteiger partial charge in [0.1, 0.15) is 21.4 Å². The van der Waals surface area contributed by atoms with Crippen LogP contribution in [0.1, 0.15) is 47.1 Å². The van der Waals surface area contributed by atoms with Crippen molar-refractivity contribution < 1.29 is 63.2 Å². The van der Waals surface area contributed by atoms with E-state index >= 15 is 0 Å². The number of carbonyl (C=O) groups is 2. The first-order chi connectivity index (χ1) is 22.4. The van der Waals surface area contributed by atoms with Gasteiger partial charge in [0.25, 0.3) is 0 Å². The van der Waals surface area contributed by atoms with Crippen LogP contribution in [-0.2, 0) is 21.1 Å². The molecule has 2 aliphatic rings. The van der Waals surface area contributed by atoms with Crippen LogP contribution in [0, 0.1) is 14.3 Å². The topological polar surface area (TPSA) is 115 Å². The zero-order chi connectivity index (χ0) is 35.4. The fourth-order valence-electron chi connectivity index (χ4n) is 4.48. The molecule has 0 saturated heterocycles. The maximum atomic E-state index is 14.0. The van der Waals surface area contributed by atoms with Crippen LogP contribution in [0.3, 0.4) is 0 Å². The zero-order valence-electron chi connectivity index (χ0n) is 25.5. The largest absolute Gasteiger partial charge is 1.00 e. The quantitative estimate of drug-likeness (QED) is 0.0247. The summed E-state index contributed by atoms with van der Waals surface area (Å²) in [6, 6.07) is 9.37. The Morgan fingerprint density at radius 3 is 2.06 bits per heavy atom. The molecular formula is C32H17Cl4I4NaO8. The maximum absolute atomic E-state index is 14.0. The summed E-state index contributed by atoms with van der Waals surface area (Å²) in [5.74, 6) is -1.69. The summed E-state index contributed by atoms with van der Waals surface area (Å²) in [5.41, 5.74) is 0.576.